The molecule has 3 aromatic rings. The van der Waals surface area contributed by atoms with Crippen LogP contribution < -0.4 is 19.5 Å². The number of anilines is 2. The van der Waals surface area contributed by atoms with Gasteiger partial charge in [-0.15, -0.1) is 0 Å². The lowest BCUT2D eigenvalue weighted by molar-refractivity contribution is -0.139. The second kappa shape index (κ2) is 8.73. The molecule has 7 nitrogen and oxygen atoms in total. The van der Waals surface area contributed by atoms with Crippen LogP contribution in [0, 0.1) is 0 Å². The molecule has 1 aliphatic rings. The number of hydrogen-bond donors (Lipinski definition) is 1. The Balaban J connectivity index is 1.57. The van der Waals surface area contributed by atoms with Crippen molar-refractivity contribution in [2.24, 2.45) is 0 Å². The number of rotatable bonds is 6. The molecule has 1 aliphatic heterocycles. The predicted molar refractivity (Wildman–Crippen MR) is 113 cm³/mol. The Morgan fingerprint density at radius 3 is 2.60 bits per heavy atom. The highest BCUT2D eigenvalue weighted by Crippen LogP contribution is 2.40. The third kappa shape index (κ3) is 4.15. The van der Waals surface area contributed by atoms with E-state index in [1.807, 2.05) is 54.6 Å². The summed E-state index contributed by atoms with van der Waals surface area (Å²) in [5.41, 5.74) is 4.04. The Labute approximate surface area is 174 Å². The van der Waals surface area contributed by atoms with Crippen molar-refractivity contribution in [2.75, 3.05) is 32.8 Å². The number of hydrogen-bond acceptors (Lipinski definition) is 7. The van der Waals surface area contributed by atoms with Crippen molar-refractivity contribution in [2.45, 2.75) is 6.42 Å². The Hall–Kier alpha value is -3.74. The molecule has 0 bridgehead atoms. The van der Waals surface area contributed by atoms with Crippen LogP contribution >= 0.6 is 0 Å². The highest BCUT2D eigenvalue weighted by Gasteiger charge is 2.18. The first-order chi connectivity index (χ1) is 14.7. The van der Waals surface area contributed by atoms with Gasteiger partial charge in [0.15, 0.2) is 11.5 Å². The Kier molecular flexibility index (Phi) is 5.70. The zero-order chi connectivity index (χ0) is 20.9. The topological polar surface area (TPSA) is 78.9 Å². The van der Waals surface area contributed by atoms with Gasteiger partial charge in [0.2, 0.25) is 5.88 Å². The first-order valence-electron chi connectivity index (χ1n) is 9.54. The van der Waals surface area contributed by atoms with E-state index in [2.05, 4.69) is 10.3 Å². The third-order valence-electron chi connectivity index (χ3n) is 4.70. The summed E-state index contributed by atoms with van der Waals surface area (Å²) < 4.78 is 21.7. The smallest absolute Gasteiger partial charge is 0.309 e. The van der Waals surface area contributed by atoms with E-state index in [9.17, 15) is 4.79 Å². The summed E-state index contributed by atoms with van der Waals surface area (Å²) in [4.78, 5) is 16.1. The van der Waals surface area contributed by atoms with Gasteiger partial charge >= 0.3 is 5.97 Å². The number of esters is 1. The Morgan fingerprint density at radius 2 is 1.83 bits per heavy atom. The molecule has 0 unspecified atom stereocenters. The van der Waals surface area contributed by atoms with Crippen molar-refractivity contribution >= 4 is 17.3 Å². The normalized spacial score (nSPS) is 12.2. The van der Waals surface area contributed by atoms with Crippen molar-refractivity contribution < 1.29 is 23.7 Å². The minimum absolute atomic E-state index is 0.240. The van der Waals surface area contributed by atoms with Gasteiger partial charge in [-0.25, -0.2) is 4.98 Å². The molecule has 0 saturated heterocycles. The minimum Gasteiger partial charge on any atom is -0.486 e. The van der Waals surface area contributed by atoms with E-state index in [0.717, 1.165) is 28.2 Å². The number of aromatic nitrogens is 1. The van der Waals surface area contributed by atoms with Crippen molar-refractivity contribution in [1.29, 1.82) is 0 Å². The molecule has 2 heterocycles. The molecule has 154 valence electrons. The zero-order valence-electron chi connectivity index (χ0n) is 16.8. The maximum Gasteiger partial charge on any atom is 0.309 e. The summed E-state index contributed by atoms with van der Waals surface area (Å²) in [6.45, 7) is 1.04. The fourth-order valence-electron chi connectivity index (χ4n) is 3.22. The lowest BCUT2D eigenvalue weighted by atomic mass is 10.1. The fraction of sp³-hybridized carbons (Fsp3) is 0.217. The van der Waals surface area contributed by atoms with E-state index in [4.69, 9.17) is 18.9 Å². The largest absolute Gasteiger partial charge is 0.486 e. The average molecular weight is 406 g/mol. The molecule has 30 heavy (non-hydrogen) atoms. The number of pyridine rings is 1. The SMILES string of the molecule is COC(=O)Cc1ccc(Nc2ccc(-c3cccc4c3OCCO4)nc2OC)cc1. The molecular weight excluding hydrogens is 384 g/mol. The van der Waals surface area contributed by atoms with Crippen molar-refractivity contribution in [3.63, 3.8) is 0 Å². The van der Waals surface area contributed by atoms with Crippen molar-refractivity contribution in [1.82, 2.24) is 4.98 Å². The number of nitrogens with zero attached hydrogens (tertiary/aromatic N) is 1. The Morgan fingerprint density at radius 1 is 1.03 bits per heavy atom. The molecule has 1 aromatic heterocycles. The van der Waals surface area contributed by atoms with Crippen LogP contribution in [0.3, 0.4) is 0 Å². The van der Waals surface area contributed by atoms with Gasteiger partial charge < -0.3 is 24.3 Å². The molecular formula is C23H22N2O5. The van der Waals surface area contributed by atoms with Gasteiger partial charge in [0.05, 0.1) is 26.3 Å². The van der Waals surface area contributed by atoms with Gasteiger partial charge in [-0.2, -0.15) is 0 Å². The van der Waals surface area contributed by atoms with Crippen LogP contribution in [0.1, 0.15) is 5.56 Å². The Bertz CT molecular complexity index is 1050. The highest BCUT2D eigenvalue weighted by atomic mass is 16.6. The summed E-state index contributed by atoms with van der Waals surface area (Å²) in [5.74, 6) is 1.60. The molecule has 4 rings (SSSR count). The van der Waals surface area contributed by atoms with Gasteiger partial charge in [0.25, 0.3) is 0 Å². The standard InChI is InChI=1S/C23H22N2O5/c1-27-21(26)14-15-6-8-16(9-7-15)24-19-11-10-18(25-23(19)28-2)17-4-3-5-20-22(17)30-13-12-29-20/h3-11,24H,12-14H2,1-2H3. The van der Waals surface area contributed by atoms with Gasteiger partial charge in [-0.3, -0.25) is 4.79 Å². The van der Waals surface area contributed by atoms with Crippen LogP contribution in [0.15, 0.2) is 54.6 Å². The number of nitrogens with one attached hydrogen (secondary N) is 1. The number of ether oxygens (including phenoxy) is 4. The van der Waals surface area contributed by atoms with Gasteiger partial charge in [-0.1, -0.05) is 18.2 Å². The summed E-state index contributed by atoms with van der Waals surface area (Å²) in [7, 11) is 2.96. The summed E-state index contributed by atoms with van der Waals surface area (Å²) >= 11 is 0. The van der Waals surface area contributed by atoms with Crippen molar-refractivity contribution in [3.05, 3.63) is 60.2 Å². The lowest BCUT2D eigenvalue weighted by Crippen LogP contribution is -2.16. The zero-order valence-corrected chi connectivity index (χ0v) is 16.8. The van der Waals surface area contributed by atoms with E-state index >= 15 is 0 Å². The maximum atomic E-state index is 11.4. The second-order valence-corrected chi connectivity index (χ2v) is 6.66. The number of carbonyl (C=O) groups is 1. The van der Waals surface area contributed by atoms with Crippen LogP contribution in [0.2, 0.25) is 0 Å². The summed E-state index contributed by atoms with van der Waals surface area (Å²) in [5, 5.41) is 3.30. The molecule has 0 radical (unpaired) electrons. The first-order valence-corrected chi connectivity index (χ1v) is 9.54. The number of fused-ring (bicyclic) bond motifs is 1. The molecule has 7 heteroatoms. The summed E-state index contributed by atoms with van der Waals surface area (Å²) in [6, 6.07) is 17.1. The predicted octanol–water partition coefficient (Wildman–Crippen LogP) is 3.99. The molecule has 0 spiro atoms. The number of methoxy groups -OCH3 is 2. The van der Waals surface area contributed by atoms with Crippen LogP contribution in [-0.4, -0.2) is 38.4 Å². The van der Waals surface area contributed by atoms with Gasteiger partial charge in [0.1, 0.15) is 18.9 Å². The third-order valence-corrected chi connectivity index (χ3v) is 4.70. The molecule has 0 saturated carbocycles. The van der Waals surface area contributed by atoms with Gasteiger partial charge in [-0.05, 0) is 42.0 Å². The lowest BCUT2D eigenvalue weighted by Gasteiger charge is -2.21. The molecule has 0 fully saturated rings. The maximum absolute atomic E-state index is 11.4. The van der Waals surface area contributed by atoms with E-state index < -0.39 is 0 Å². The van der Waals surface area contributed by atoms with Crippen LogP contribution in [0.4, 0.5) is 11.4 Å². The van der Waals surface area contributed by atoms with Gasteiger partial charge in [0, 0.05) is 11.3 Å². The average Bonchev–Trinajstić information content (AvgIpc) is 2.80. The van der Waals surface area contributed by atoms with Crippen LogP contribution in [0.25, 0.3) is 11.3 Å². The number of carbonyl (C=O) groups excluding carboxylic acids is 1. The molecule has 0 amide bonds. The highest BCUT2D eigenvalue weighted by molar-refractivity contribution is 5.75. The molecule has 0 atom stereocenters. The summed E-state index contributed by atoms with van der Waals surface area (Å²) in [6.07, 6.45) is 0.240. The molecule has 1 N–H and O–H groups in total. The van der Waals surface area contributed by atoms with E-state index in [-0.39, 0.29) is 12.4 Å². The molecule has 2 aromatic carbocycles. The fourth-order valence-corrected chi connectivity index (χ4v) is 3.22. The van der Waals surface area contributed by atoms with Crippen LogP contribution in [0.5, 0.6) is 17.4 Å². The first kappa shape index (κ1) is 19.6. The monoisotopic (exact) mass is 406 g/mol. The minimum atomic E-state index is -0.269. The number of para-hydroxylation sites is 1. The van der Waals surface area contributed by atoms with E-state index in [1.165, 1.54) is 7.11 Å². The second-order valence-electron chi connectivity index (χ2n) is 6.66. The number of benzene rings is 2. The van der Waals surface area contributed by atoms with E-state index in [0.29, 0.717) is 30.6 Å². The van der Waals surface area contributed by atoms with Crippen molar-refractivity contribution in [3.8, 4) is 28.6 Å². The van der Waals surface area contributed by atoms with E-state index in [1.54, 1.807) is 7.11 Å². The quantitative estimate of drug-likeness (QED) is 0.620. The van der Waals surface area contributed by atoms with Crippen LogP contribution in [-0.2, 0) is 16.0 Å². The molecule has 0 aliphatic carbocycles.